The van der Waals surface area contributed by atoms with E-state index in [1.807, 2.05) is 31.3 Å². The summed E-state index contributed by atoms with van der Waals surface area (Å²) in [6.07, 6.45) is 1.72. The van der Waals surface area contributed by atoms with Gasteiger partial charge in [-0.2, -0.15) is 4.98 Å². The summed E-state index contributed by atoms with van der Waals surface area (Å²) in [5.74, 6) is 1.32. The molecule has 0 unspecified atom stereocenters. The standard InChI is InChI=1S/C18H16Cl2N4/c1-24(12-13-5-3-2-4-6-13)17-7-8-21-18(23-17)22-16-10-14(19)9-15(20)11-16/h2-11H,12H2,1H3,(H,21,22,23). The zero-order valence-corrected chi connectivity index (χ0v) is 14.6. The lowest BCUT2D eigenvalue weighted by Crippen LogP contribution is -2.18. The molecule has 0 saturated carbocycles. The predicted octanol–water partition coefficient (Wildman–Crippen LogP) is 5.16. The van der Waals surface area contributed by atoms with Gasteiger partial charge in [0.05, 0.1) is 0 Å². The minimum absolute atomic E-state index is 0.491. The quantitative estimate of drug-likeness (QED) is 0.683. The SMILES string of the molecule is CN(Cc1ccccc1)c1ccnc(Nc2cc(Cl)cc(Cl)c2)n1. The van der Waals surface area contributed by atoms with E-state index in [0.29, 0.717) is 16.0 Å². The fourth-order valence-electron chi connectivity index (χ4n) is 2.32. The van der Waals surface area contributed by atoms with Crippen LogP contribution in [0.3, 0.4) is 0 Å². The maximum atomic E-state index is 6.01. The summed E-state index contributed by atoms with van der Waals surface area (Å²) in [5, 5.41) is 4.24. The highest BCUT2D eigenvalue weighted by molar-refractivity contribution is 6.35. The highest BCUT2D eigenvalue weighted by Gasteiger charge is 2.06. The second-order valence-electron chi connectivity index (χ2n) is 5.36. The summed E-state index contributed by atoms with van der Waals surface area (Å²) in [4.78, 5) is 10.9. The van der Waals surface area contributed by atoms with E-state index < -0.39 is 0 Å². The minimum atomic E-state index is 0.491. The third kappa shape index (κ3) is 4.37. The van der Waals surface area contributed by atoms with Gasteiger partial charge in [0, 0.05) is 35.5 Å². The van der Waals surface area contributed by atoms with E-state index >= 15 is 0 Å². The number of benzene rings is 2. The van der Waals surface area contributed by atoms with E-state index in [9.17, 15) is 0 Å². The van der Waals surface area contributed by atoms with Crippen LogP contribution in [0.25, 0.3) is 0 Å². The van der Waals surface area contributed by atoms with Gasteiger partial charge in [0.1, 0.15) is 5.82 Å². The monoisotopic (exact) mass is 358 g/mol. The van der Waals surface area contributed by atoms with Crippen LogP contribution in [0, 0.1) is 0 Å². The van der Waals surface area contributed by atoms with Crippen molar-refractivity contribution in [2.75, 3.05) is 17.3 Å². The first-order valence-electron chi connectivity index (χ1n) is 7.41. The summed E-state index contributed by atoms with van der Waals surface area (Å²) in [6.45, 7) is 0.764. The van der Waals surface area contributed by atoms with Crippen molar-refractivity contribution in [3.05, 3.63) is 76.4 Å². The van der Waals surface area contributed by atoms with Gasteiger partial charge < -0.3 is 10.2 Å². The van der Waals surface area contributed by atoms with E-state index in [4.69, 9.17) is 23.2 Å². The molecule has 0 aliphatic rings. The molecule has 0 atom stereocenters. The predicted molar refractivity (Wildman–Crippen MR) is 100 cm³/mol. The van der Waals surface area contributed by atoms with Gasteiger partial charge in [-0.15, -0.1) is 0 Å². The van der Waals surface area contributed by atoms with Crippen LogP contribution in [-0.4, -0.2) is 17.0 Å². The smallest absolute Gasteiger partial charge is 0.229 e. The van der Waals surface area contributed by atoms with E-state index in [1.54, 1.807) is 24.4 Å². The van der Waals surface area contributed by atoms with Crippen molar-refractivity contribution in [2.45, 2.75) is 6.54 Å². The number of aromatic nitrogens is 2. The summed E-state index contributed by atoms with van der Waals surface area (Å²) < 4.78 is 0. The Morgan fingerprint density at radius 2 is 1.71 bits per heavy atom. The van der Waals surface area contributed by atoms with Crippen LogP contribution in [0.5, 0.6) is 0 Å². The molecule has 6 heteroatoms. The number of halogens is 2. The molecule has 1 heterocycles. The molecule has 4 nitrogen and oxygen atoms in total. The third-order valence-electron chi connectivity index (χ3n) is 3.41. The third-order valence-corrected chi connectivity index (χ3v) is 3.85. The molecule has 0 fully saturated rings. The lowest BCUT2D eigenvalue weighted by molar-refractivity contribution is 0.893. The Morgan fingerprint density at radius 1 is 1.00 bits per heavy atom. The van der Waals surface area contributed by atoms with Gasteiger partial charge in [0.15, 0.2) is 0 Å². The van der Waals surface area contributed by atoms with Crippen LogP contribution in [0.4, 0.5) is 17.5 Å². The minimum Gasteiger partial charge on any atom is -0.355 e. The van der Waals surface area contributed by atoms with E-state index in [0.717, 1.165) is 18.1 Å². The number of hydrogen-bond acceptors (Lipinski definition) is 4. The highest BCUT2D eigenvalue weighted by atomic mass is 35.5. The van der Waals surface area contributed by atoms with Crippen LogP contribution >= 0.6 is 23.2 Å². The van der Waals surface area contributed by atoms with Gasteiger partial charge in [0.25, 0.3) is 0 Å². The fraction of sp³-hybridized carbons (Fsp3) is 0.111. The van der Waals surface area contributed by atoms with Crippen LogP contribution in [0.2, 0.25) is 10.0 Å². The van der Waals surface area contributed by atoms with Crippen molar-refractivity contribution >= 4 is 40.7 Å². The molecule has 0 amide bonds. The van der Waals surface area contributed by atoms with Crippen molar-refractivity contribution in [2.24, 2.45) is 0 Å². The molecule has 0 aliphatic heterocycles. The molecule has 0 saturated heterocycles. The molecule has 0 aliphatic carbocycles. The average molecular weight is 359 g/mol. The van der Waals surface area contributed by atoms with Crippen LogP contribution in [0.1, 0.15) is 5.56 Å². The summed E-state index contributed by atoms with van der Waals surface area (Å²) in [7, 11) is 2.00. The molecule has 0 bridgehead atoms. The van der Waals surface area contributed by atoms with Gasteiger partial charge >= 0.3 is 0 Å². The van der Waals surface area contributed by atoms with Crippen molar-refractivity contribution in [1.29, 1.82) is 0 Å². The molecule has 0 spiro atoms. The average Bonchev–Trinajstić information content (AvgIpc) is 2.55. The van der Waals surface area contributed by atoms with E-state index in [1.165, 1.54) is 5.56 Å². The maximum Gasteiger partial charge on any atom is 0.229 e. The van der Waals surface area contributed by atoms with Crippen LogP contribution < -0.4 is 10.2 Å². The highest BCUT2D eigenvalue weighted by Crippen LogP contribution is 2.24. The molecule has 3 aromatic rings. The molecular formula is C18H16Cl2N4. The van der Waals surface area contributed by atoms with Gasteiger partial charge in [-0.25, -0.2) is 4.98 Å². The molecule has 3 rings (SSSR count). The maximum absolute atomic E-state index is 6.01. The van der Waals surface area contributed by atoms with Crippen molar-refractivity contribution in [1.82, 2.24) is 9.97 Å². The van der Waals surface area contributed by atoms with Crippen molar-refractivity contribution in [3.8, 4) is 0 Å². The zero-order valence-electron chi connectivity index (χ0n) is 13.1. The molecule has 1 N–H and O–H groups in total. The summed E-state index contributed by atoms with van der Waals surface area (Å²) in [6, 6.07) is 17.3. The number of nitrogens with zero attached hydrogens (tertiary/aromatic N) is 3. The topological polar surface area (TPSA) is 41.1 Å². The van der Waals surface area contributed by atoms with Gasteiger partial charge in [0.2, 0.25) is 5.95 Å². The molecule has 2 aromatic carbocycles. The molecule has 122 valence electrons. The zero-order chi connectivity index (χ0) is 16.9. The van der Waals surface area contributed by atoms with Crippen molar-refractivity contribution < 1.29 is 0 Å². The number of hydrogen-bond donors (Lipinski definition) is 1. The Balaban J connectivity index is 1.76. The normalized spacial score (nSPS) is 10.5. The van der Waals surface area contributed by atoms with E-state index in [2.05, 4.69) is 32.3 Å². The van der Waals surface area contributed by atoms with Gasteiger partial charge in [-0.1, -0.05) is 53.5 Å². The van der Waals surface area contributed by atoms with E-state index in [-0.39, 0.29) is 0 Å². The fourth-order valence-corrected chi connectivity index (χ4v) is 2.84. The number of rotatable bonds is 5. The second kappa shape index (κ2) is 7.51. The lowest BCUT2D eigenvalue weighted by Gasteiger charge is -2.18. The molecule has 0 radical (unpaired) electrons. The first kappa shape index (κ1) is 16.6. The summed E-state index contributed by atoms with van der Waals surface area (Å²) in [5.41, 5.74) is 1.96. The van der Waals surface area contributed by atoms with Gasteiger partial charge in [-0.05, 0) is 29.8 Å². The molecular weight excluding hydrogens is 343 g/mol. The molecule has 1 aromatic heterocycles. The Morgan fingerprint density at radius 3 is 2.42 bits per heavy atom. The Bertz CT molecular complexity index is 804. The Kier molecular flexibility index (Phi) is 5.18. The summed E-state index contributed by atoms with van der Waals surface area (Å²) >= 11 is 12.0. The Labute approximate surface area is 151 Å². The number of nitrogens with one attached hydrogen (secondary N) is 1. The van der Waals surface area contributed by atoms with Crippen LogP contribution in [0.15, 0.2) is 60.8 Å². The van der Waals surface area contributed by atoms with Crippen molar-refractivity contribution in [3.63, 3.8) is 0 Å². The first-order chi connectivity index (χ1) is 11.6. The number of anilines is 3. The van der Waals surface area contributed by atoms with Gasteiger partial charge in [-0.3, -0.25) is 0 Å². The largest absolute Gasteiger partial charge is 0.355 e. The lowest BCUT2D eigenvalue weighted by atomic mass is 10.2. The first-order valence-corrected chi connectivity index (χ1v) is 8.17. The Hall–Kier alpha value is -2.30. The molecule has 24 heavy (non-hydrogen) atoms. The second-order valence-corrected chi connectivity index (χ2v) is 6.24. The van der Waals surface area contributed by atoms with Crippen LogP contribution in [-0.2, 0) is 6.54 Å².